The summed E-state index contributed by atoms with van der Waals surface area (Å²) in [6.07, 6.45) is 7.79. The second-order valence-corrected chi connectivity index (χ2v) is 8.59. The Morgan fingerprint density at radius 1 is 1.31 bits per heavy atom. The van der Waals surface area contributed by atoms with Crippen molar-refractivity contribution < 1.29 is 14.4 Å². The van der Waals surface area contributed by atoms with Gasteiger partial charge in [-0.2, -0.15) is 5.10 Å². The highest BCUT2D eigenvalue weighted by atomic mass is 16.6. The molecule has 2 aliphatic heterocycles. The van der Waals surface area contributed by atoms with Gasteiger partial charge in [0.2, 0.25) is 5.88 Å². The zero-order valence-corrected chi connectivity index (χ0v) is 19.0. The lowest BCUT2D eigenvalue weighted by Crippen LogP contribution is -2.43. The van der Waals surface area contributed by atoms with Crippen LogP contribution in [0.1, 0.15) is 62.6 Å². The largest absolute Gasteiger partial charge is 0.480 e. The van der Waals surface area contributed by atoms with Gasteiger partial charge in [-0.3, -0.25) is 10.1 Å². The molecule has 2 aliphatic rings. The first-order valence-corrected chi connectivity index (χ1v) is 11.3. The Kier molecular flexibility index (Phi) is 6.90. The molecule has 2 aromatic heterocycles. The number of anilines is 1. The van der Waals surface area contributed by atoms with Crippen LogP contribution in [0.15, 0.2) is 18.5 Å². The summed E-state index contributed by atoms with van der Waals surface area (Å²) in [7, 11) is 1.64. The SMILES string of the molecule is COc1nccc(C)c1N1CCC(NC(C)c2nn(C3CCCCO3)cc2[N+](=O)[O-])CC1. The Labute approximate surface area is 188 Å². The van der Waals surface area contributed by atoms with Gasteiger partial charge in [-0.15, -0.1) is 0 Å². The van der Waals surface area contributed by atoms with Crippen molar-refractivity contribution in [3.8, 4) is 5.88 Å². The summed E-state index contributed by atoms with van der Waals surface area (Å²) < 4.78 is 12.9. The normalized spacial score (nSPS) is 20.8. The first-order chi connectivity index (χ1) is 15.5. The number of nitro groups is 1. The molecular formula is C22H32N6O4. The van der Waals surface area contributed by atoms with Gasteiger partial charge < -0.3 is 19.7 Å². The molecule has 2 unspecified atom stereocenters. The van der Waals surface area contributed by atoms with Gasteiger partial charge >= 0.3 is 5.69 Å². The van der Waals surface area contributed by atoms with E-state index in [4.69, 9.17) is 9.47 Å². The lowest BCUT2D eigenvalue weighted by molar-refractivity contribution is -0.385. The van der Waals surface area contributed by atoms with E-state index in [2.05, 4.69) is 27.2 Å². The lowest BCUT2D eigenvalue weighted by atomic mass is 10.0. The van der Waals surface area contributed by atoms with E-state index in [1.165, 1.54) is 6.20 Å². The van der Waals surface area contributed by atoms with E-state index >= 15 is 0 Å². The number of hydrogen-bond acceptors (Lipinski definition) is 8. The van der Waals surface area contributed by atoms with Crippen LogP contribution in [0.3, 0.4) is 0 Å². The fourth-order valence-electron chi connectivity index (χ4n) is 4.69. The van der Waals surface area contributed by atoms with Crippen molar-refractivity contribution >= 4 is 11.4 Å². The van der Waals surface area contributed by atoms with Gasteiger partial charge in [-0.25, -0.2) is 9.67 Å². The van der Waals surface area contributed by atoms with Crippen LogP contribution in [0.5, 0.6) is 5.88 Å². The molecule has 0 radical (unpaired) electrons. The van der Waals surface area contributed by atoms with Crippen LogP contribution >= 0.6 is 0 Å². The summed E-state index contributed by atoms with van der Waals surface area (Å²) in [5, 5.41) is 19.8. The maximum absolute atomic E-state index is 11.7. The average molecular weight is 445 g/mol. The number of piperidine rings is 1. The van der Waals surface area contributed by atoms with Crippen molar-refractivity contribution in [3.63, 3.8) is 0 Å². The second-order valence-electron chi connectivity index (χ2n) is 8.59. The molecule has 10 heteroatoms. The minimum absolute atomic E-state index is 0.0485. The fourth-order valence-corrected chi connectivity index (χ4v) is 4.69. The van der Waals surface area contributed by atoms with E-state index in [1.54, 1.807) is 18.0 Å². The summed E-state index contributed by atoms with van der Waals surface area (Å²) in [5.74, 6) is 0.649. The molecule has 2 saturated heterocycles. The number of rotatable bonds is 7. The highest BCUT2D eigenvalue weighted by molar-refractivity contribution is 5.60. The minimum atomic E-state index is -0.347. The Balaban J connectivity index is 1.41. The maximum Gasteiger partial charge on any atom is 0.311 e. The van der Waals surface area contributed by atoms with Gasteiger partial charge in [-0.05, 0) is 57.6 Å². The number of nitrogens with one attached hydrogen (secondary N) is 1. The van der Waals surface area contributed by atoms with Crippen LogP contribution in [0.25, 0.3) is 0 Å². The van der Waals surface area contributed by atoms with E-state index in [0.717, 1.165) is 56.4 Å². The summed E-state index contributed by atoms with van der Waals surface area (Å²) in [4.78, 5) is 18.0. The molecule has 0 aliphatic carbocycles. The minimum Gasteiger partial charge on any atom is -0.480 e. The molecule has 174 valence electrons. The lowest BCUT2D eigenvalue weighted by Gasteiger charge is -2.36. The van der Waals surface area contributed by atoms with Gasteiger partial charge in [0.25, 0.3) is 0 Å². The van der Waals surface area contributed by atoms with Crippen molar-refractivity contribution in [3.05, 3.63) is 39.8 Å². The zero-order valence-electron chi connectivity index (χ0n) is 19.0. The third-order valence-electron chi connectivity index (χ3n) is 6.38. The molecule has 2 aromatic rings. The molecule has 0 amide bonds. The summed E-state index contributed by atoms with van der Waals surface area (Å²) in [6.45, 7) is 6.40. The van der Waals surface area contributed by atoms with Gasteiger partial charge in [0.15, 0.2) is 5.69 Å². The molecule has 0 saturated carbocycles. The number of nitrogens with zero attached hydrogens (tertiary/aromatic N) is 5. The predicted octanol–water partition coefficient (Wildman–Crippen LogP) is 3.52. The van der Waals surface area contributed by atoms with Crippen LogP contribution in [-0.4, -0.2) is 52.5 Å². The maximum atomic E-state index is 11.7. The van der Waals surface area contributed by atoms with Crippen molar-refractivity contribution in [1.82, 2.24) is 20.1 Å². The third kappa shape index (κ3) is 4.71. The zero-order chi connectivity index (χ0) is 22.7. The first-order valence-electron chi connectivity index (χ1n) is 11.3. The second kappa shape index (κ2) is 9.83. The number of methoxy groups -OCH3 is 1. The van der Waals surface area contributed by atoms with Gasteiger partial charge in [0, 0.05) is 31.9 Å². The Bertz CT molecular complexity index is 934. The van der Waals surface area contributed by atoms with E-state index < -0.39 is 0 Å². The molecule has 32 heavy (non-hydrogen) atoms. The van der Waals surface area contributed by atoms with Gasteiger partial charge in [-0.1, -0.05) is 0 Å². The highest BCUT2D eigenvalue weighted by Crippen LogP contribution is 2.33. The summed E-state index contributed by atoms with van der Waals surface area (Å²) >= 11 is 0. The molecule has 4 heterocycles. The van der Waals surface area contributed by atoms with E-state index in [9.17, 15) is 10.1 Å². The van der Waals surface area contributed by atoms with E-state index in [0.29, 0.717) is 18.2 Å². The molecule has 0 spiro atoms. The van der Waals surface area contributed by atoms with Crippen molar-refractivity contribution in [2.45, 2.75) is 64.3 Å². The third-order valence-corrected chi connectivity index (χ3v) is 6.38. The van der Waals surface area contributed by atoms with Crippen LogP contribution in [0, 0.1) is 17.0 Å². The van der Waals surface area contributed by atoms with Crippen LogP contribution < -0.4 is 15.0 Å². The molecular weight excluding hydrogens is 412 g/mol. The molecule has 2 fully saturated rings. The monoisotopic (exact) mass is 444 g/mol. The highest BCUT2D eigenvalue weighted by Gasteiger charge is 2.30. The Hall–Kier alpha value is -2.72. The summed E-state index contributed by atoms with van der Waals surface area (Å²) in [6, 6.07) is 2.02. The number of hydrogen-bond donors (Lipinski definition) is 1. The summed E-state index contributed by atoms with van der Waals surface area (Å²) in [5.41, 5.74) is 2.70. The number of ether oxygens (including phenoxy) is 2. The van der Waals surface area contributed by atoms with E-state index in [-0.39, 0.29) is 28.9 Å². The molecule has 10 nitrogen and oxygen atoms in total. The first kappa shape index (κ1) is 22.5. The molecule has 0 bridgehead atoms. The van der Waals surface area contributed by atoms with Crippen LogP contribution in [0.2, 0.25) is 0 Å². The smallest absolute Gasteiger partial charge is 0.311 e. The van der Waals surface area contributed by atoms with E-state index in [1.807, 2.05) is 13.0 Å². The Morgan fingerprint density at radius 3 is 2.75 bits per heavy atom. The van der Waals surface area contributed by atoms with Crippen molar-refractivity contribution in [2.75, 3.05) is 31.7 Å². The predicted molar refractivity (Wildman–Crippen MR) is 120 cm³/mol. The molecule has 4 rings (SSSR count). The Morgan fingerprint density at radius 2 is 2.09 bits per heavy atom. The van der Waals surface area contributed by atoms with Crippen molar-refractivity contribution in [1.29, 1.82) is 0 Å². The van der Waals surface area contributed by atoms with Crippen LogP contribution in [-0.2, 0) is 4.74 Å². The standard InChI is InChI=1S/C22H32N6O4/c1-15-7-10-23-22(31-3)21(15)26-11-8-17(9-12-26)24-16(2)20-18(28(29)30)14-27(25-20)19-6-4-5-13-32-19/h7,10,14,16-17,19,24H,4-6,8-9,11-13H2,1-3H3. The molecule has 2 atom stereocenters. The van der Waals surface area contributed by atoms with Crippen molar-refractivity contribution in [2.24, 2.45) is 0 Å². The molecule has 1 N–H and O–H groups in total. The molecule has 0 aromatic carbocycles. The number of pyridine rings is 1. The number of aromatic nitrogens is 3. The van der Waals surface area contributed by atoms with Gasteiger partial charge in [0.1, 0.15) is 18.1 Å². The number of aryl methyl sites for hydroxylation is 1. The average Bonchev–Trinajstić information content (AvgIpc) is 3.26. The fraction of sp³-hybridized carbons (Fsp3) is 0.636. The van der Waals surface area contributed by atoms with Crippen LogP contribution in [0.4, 0.5) is 11.4 Å². The van der Waals surface area contributed by atoms with Gasteiger partial charge in [0.05, 0.1) is 18.1 Å². The quantitative estimate of drug-likeness (QED) is 0.511. The topological polar surface area (TPSA) is 108 Å².